The van der Waals surface area contributed by atoms with Crippen molar-refractivity contribution in [3.8, 4) is 5.75 Å². The Morgan fingerprint density at radius 3 is 2.75 bits per heavy atom. The van der Waals surface area contributed by atoms with Crippen LogP contribution in [0.4, 0.5) is 5.69 Å². The minimum absolute atomic E-state index is 0.00270. The van der Waals surface area contributed by atoms with Gasteiger partial charge in [0.15, 0.2) is 0 Å². The summed E-state index contributed by atoms with van der Waals surface area (Å²) in [5.41, 5.74) is 0.617. The lowest BCUT2D eigenvalue weighted by Crippen LogP contribution is -2.44. The number of ether oxygens (including phenoxy) is 1. The summed E-state index contributed by atoms with van der Waals surface area (Å²) in [6, 6.07) is 7.28. The van der Waals surface area contributed by atoms with E-state index >= 15 is 0 Å². The van der Waals surface area contributed by atoms with Gasteiger partial charge in [-0.3, -0.25) is 4.79 Å². The van der Waals surface area contributed by atoms with Gasteiger partial charge in [-0.1, -0.05) is 12.1 Å². The summed E-state index contributed by atoms with van der Waals surface area (Å²) < 4.78 is 31.2. The summed E-state index contributed by atoms with van der Waals surface area (Å²) >= 11 is 0. The van der Waals surface area contributed by atoms with E-state index in [2.05, 4.69) is 5.32 Å². The van der Waals surface area contributed by atoms with Gasteiger partial charge in [-0.15, -0.1) is 0 Å². The molecule has 1 fully saturated rings. The number of carbonyl (C=O) groups excluding carboxylic acids is 1. The van der Waals surface area contributed by atoms with Gasteiger partial charge in [0, 0.05) is 13.1 Å². The first-order valence-corrected chi connectivity index (χ1v) is 9.98. The number of anilines is 1. The van der Waals surface area contributed by atoms with Gasteiger partial charge in [0.05, 0.1) is 23.5 Å². The van der Waals surface area contributed by atoms with E-state index in [4.69, 9.17) is 4.74 Å². The summed E-state index contributed by atoms with van der Waals surface area (Å²) in [5, 5.41) is 2.89. The van der Waals surface area contributed by atoms with Crippen LogP contribution in [0, 0.1) is 5.92 Å². The van der Waals surface area contributed by atoms with Crippen molar-refractivity contribution in [3.63, 3.8) is 0 Å². The molecule has 0 spiro atoms. The van der Waals surface area contributed by atoms with Crippen molar-refractivity contribution in [3.05, 3.63) is 24.3 Å². The number of hydrogen-bond donors (Lipinski definition) is 1. The molecule has 0 aliphatic carbocycles. The Hall–Kier alpha value is -1.60. The molecule has 0 radical (unpaired) electrons. The van der Waals surface area contributed by atoms with Gasteiger partial charge in [0.1, 0.15) is 5.75 Å². The molecule has 1 heterocycles. The normalized spacial score (nSPS) is 19.2. The Morgan fingerprint density at radius 2 is 2.08 bits per heavy atom. The van der Waals surface area contributed by atoms with Crippen molar-refractivity contribution in [2.45, 2.75) is 39.7 Å². The van der Waals surface area contributed by atoms with Crippen LogP contribution in [0.3, 0.4) is 0 Å². The zero-order valence-electron chi connectivity index (χ0n) is 14.5. The molecule has 1 aromatic carbocycles. The van der Waals surface area contributed by atoms with Gasteiger partial charge in [-0.25, -0.2) is 12.7 Å². The Bertz CT molecular complexity index is 673. The first-order chi connectivity index (χ1) is 11.3. The van der Waals surface area contributed by atoms with E-state index < -0.39 is 10.0 Å². The third-order valence-electron chi connectivity index (χ3n) is 4.02. The van der Waals surface area contributed by atoms with Crippen LogP contribution < -0.4 is 10.1 Å². The minimum Gasteiger partial charge on any atom is -0.489 e. The van der Waals surface area contributed by atoms with E-state index in [0.29, 0.717) is 30.8 Å². The number of sulfonamides is 1. The van der Waals surface area contributed by atoms with Crippen molar-refractivity contribution in [2.24, 2.45) is 5.92 Å². The quantitative estimate of drug-likeness (QED) is 0.851. The molecule has 24 heavy (non-hydrogen) atoms. The maximum atomic E-state index is 12.6. The average molecular weight is 354 g/mol. The molecule has 1 amide bonds. The molecular formula is C17H26N2O4S. The average Bonchev–Trinajstić information content (AvgIpc) is 2.56. The molecule has 134 valence electrons. The largest absolute Gasteiger partial charge is 0.489 e. The highest BCUT2D eigenvalue weighted by molar-refractivity contribution is 7.89. The topological polar surface area (TPSA) is 75.7 Å². The standard InChI is InChI=1S/C17H26N2O4S/c1-4-24(21,22)19-11-7-8-14(12-19)17(20)18-15-9-5-6-10-16(15)23-13(2)3/h5-6,9-10,13-14H,4,7-8,11-12H2,1-3H3,(H,18,20)/t14-/m1/s1. The van der Waals surface area contributed by atoms with Crippen LogP contribution in [0.15, 0.2) is 24.3 Å². The maximum absolute atomic E-state index is 12.6. The van der Waals surface area contributed by atoms with Gasteiger partial charge in [-0.2, -0.15) is 0 Å². The lowest BCUT2D eigenvalue weighted by molar-refractivity contribution is -0.120. The smallest absolute Gasteiger partial charge is 0.228 e. The first kappa shape index (κ1) is 18.7. The third-order valence-corrected chi connectivity index (χ3v) is 5.87. The zero-order valence-corrected chi connectivity index (χ0v) is 15.3. The second-order valence-corrected chi connectivity index (χ2v) is 8.51. The molecule has 1 N–H and O–H groups in total. The Morgan fingerprint density at radius 1 is 1.38 bits per heavy atom. The number of rotatable bonds is 6. The van der Waals surface area contributed by atoms with Crippen molar-refractivity contribution in [2.75, 3.05) is 24.2 Å². The molecule has 1 atom stereocenters. The predicted octanol–water partition coefficient (Wildman–Crippen LogP) is 2.47. The van der Waals surface area contributed by atoms with Gasteiger partial charge in [0.2, 0.25) is 15.9 Å². The zero-order chi connectivity index (χ0) is 17.7. The summed E-state index contributed by atoms with van der Waals surface area (Å²) in [4.78, 5) is 12.6. The lowest BCUT2D eigenvalue weighted by Gasteiger charge is -2.31. The fourth-order valence-corrected chi connectivity index (χ4v) is 3.93. The molecule has 2 rings (SSSR count). The van der Waals surface area contributed by atoms with Crippen LogP contribution in [0.25, 0.3) is 0 Å². The summed E-state index contributed by atoms with van der Waals surface area (Å²) in [6.07, 6.45) is 1.39. The van der Waals surface area contributed by atoms with E-state index in [0.717, 1.165) is 0 Å². The first-order valence-electron chi connectivity index (χ1n) is 8.38. The Labute approximate surface area is 144 Å². The maximum Gasteiger partial charge on any atom is 0.228 e. The van der Waals surface area contributed by atoms with E-state index in [1.54, 1.807) is 13.0 Å². The molecule has 1 aromatic rings. The SMILES string of the molecule is CCS(=O)(=O)N1CCC[C@@H](C(=O)Nc2ccccc2OC(C)C)C1. The molecule has 0 bridgehead atoms. The second kappa shape index (κ2) is 7.98. The Balaban J connectivity index is 2.07. The number of piperidine rings is 1. The fourth-order valence-electron chi connectivity index (χ4n) is 2.75. The number of carbonyl (C=O) groups is 1. The highest BCUT2D eigenvalue weighted by atomic mass is 32.2. The van der Waals surface area contributed by atoms with E-state index in [1.807, 2.05) is 32.0 Å². The van der Waals surface area contributed by atoms with E-state index in [9.17, 15) is 13.2 Å². The monoisotopic (exact) mass is 354 g/mol. The van der Waals surface area contributed by atoms with Gasteiger partial charge in [0.25, 0.3) is 0 Å². The van der Waals surface area contributed by atoms with Crippen molar-refractivity contribution >= 4 is 21.6 Å². The molecule has 1 aliphatic heterocycles. The molecule has 6 nitrogen and oxygen atoms in total. The number of amides is 1. The van der Waals surface area contributed by atoms with Crippen molar-refractivity contribution < 1.29 is 17.9 Å². The lowest BCUT2D eigenvalue weighted by atomic mass is 9.98. The summed E-state index contributed by atoms with van der Waals surface area (Å²) in [6.45, 7) is 6.21. The molecule has 1 saturated heterocycles. The highest BCUT2D eigenvalue weighted by Gasteiger charge is 2.31. The molecular weight excluding hydrogens is 328 g/mol. The third kappa shape index (κ3) is 4.70. The van der Waals surface area contributed by atoms with Gasteiger partial charge < -0.3 is 10.1 Å². The molecule has 1 aliphatic rings. The molecule has 0 saturated carbocycles. The van der Waals surface area contributed by atoms with E-state index in [-0.39, 0.29) is 30.2 Å². The second-order valence-electron chi connectivity index (χ2n) is 6.25. The van der Waals surface area contributed by atoms with Crippen LogP contribution >= 0.6 is 0 Å². The molecule has 7 heteroatoms. The van der Waals surface area contributed by atoms with E-state index in [1.165, 1.54) is 4.31 Å². The number of hydrogen-bond acceptors (Lipinski definition) is 4. The fraction of sp³-hybridized carbons (Fsp3) is 0.588. The van der Waals surface area contributed by atoms with Gasteiger partial charge in [-0.05, 0) is 45.7 Å². The number of para-hydroxylation sites is 2. The predicted molar refractivity (Wildman–Crippen MR) is 94.6 cm³/mol. The number of benzene rings is 1. The number of nitrogens with zero attached hydrogens (tertiary/aromatic N) is 1. The van der Waals surface area contributed by atoms with Crippen molar-refractivity contribution in [1.29, 1.82) is 0 Å². The number of nitrogens with one attached hydrogen (secondary N) is 1. The van der Waals surface area contributed by atoms with Crippen LogP contribution in [0.1, 0.15) is 33.6 Å². The van der Waals surface area contributed by atoms with Crippen molar-refractivity contribution in [1.82, 2.24) is 4.31 Å². The van der Waals surface area contributed by atoms with Crippen LogP contribution in [-0.4, -0.2) is 43.6 Å². The van der Waals surface area contributed by atoms with Crippen LogP contribution in [0.2, 0.25) is 0 Å². The van der Waals surface area contributed by atoms with Crippen LogP contribution in [0.5, 0.6) is 5.75 Å². The van der Waals surface area contributed by atoms with Gasteiger partial charge >= 0.3 is 0 Å². The Kier molecular flexibility index (Phi) is 6.23. The summed E-state index contributed by atoms with van der Waals surface area (Å²) in [7, 11) is -3.26. The highest BCUT2D eigenvalue weighted by Crippen LogP contribution is 2.27. The molecule has 0 unspecified atom stereocenters. The van der Waals surface area contributed by atoms with Crippen LogP contribution in [-0.2, 0) is 14.8 Å². The summed E-state index contributed by atoms with van der Waals surface area (Å²) in [5.74, 6) is 0.180. The minimum atomic E-state index is -3.26. The molecule has 0 aromatic heterocycles.